The van der Waals surface area contributed by atoms with Gasteiger partial charge in [0.15, 0.2) is 0 Å². The maximum Gasteiger partial charge on any atom is 0.217 e. The lowest BCUT2D eigenvalue weighted by molar-refractivity contribution is 0.351. The third-order valence-corrected chi connectivity index (χ3v) is 5.92. The highest BCUT2D eigenvalue weighted by atomic mass is 32.2. The van der Waals surface area contributed by atoms with Crippen molar-refractivity contribution in [3.8, 4) is 0 Å². The van der Waals surface area contributed by atoms with Gasteiger partial charge in [0.05, 0.1) is 5.25 Å². The smallest absolute Gasteiger partial charge is 0.217 e. The minimum absolute atomic E-state index is 0.140. The molecule has 4 nitrogen and oxygen atoms in total. The van der Waals surface area contributed by atoms with Crippen molar-refractivity contribution < 1.29 is 8.42 Å². The quantitative estimate of drug-likeness (QED) is 0.755. The Morgan fingerprint density at radius 2 is 1.76 bits per heavy atom. The van der Waals surface area contributed by atoms with Gasteiger partial charge in [0, 0.05) is 25.7 Å². The molecule has 0 aromatic rings. The molecule has 1 N–H and O–H groups in total. The molecule has 0 amide bonds. The molecule has 2 unspecified atom stereocenters. The predicted molar refractivity (Wildman–Crippen MR) is 71.5 cm³/mol. The first kappa shape index (κ1) is 14.9. The van der Waals surface area contributed by atoms with Crippen molar-refractivity contribution in [3.05, 3.63) is 0 Å². The second-order valence-corrected chi connectivity index (χ2v) is 7.92. The molecule has 0 aromatic heterocycles. The highest BCUT2D eigenvalue weighted by Crippen LogP contribution is 2.35. The van der Waals surface area contributed by atoms with Crippen LogP contribution < -0.4 is 5.32 Å². The van der Waals surface area contributed by atoms with Gasteiger partial charge < -0.3 is 5.32 Å². The minimum atomic E-state index is -3.17. The standard InChI is InChI=1S/C12H26N2O2S/c1-9(2)13-8-10(3)17(15,16)14(5)11(4)12-6-7-12/h9-13H,6-8H2,1-5H3. The van der Waals surface area contributed by atoms with Crippen molar-refractivity contribution in [2.24, 2.45) is 5.92 Å². The number of hydrogen-bond donors (Lipinski definition) is 1. The van der Waals surface area contributed by atoms with Gasteiger partial charge in [-0.05, 0) is 32.6 Å². The summed E-state index contributed by atoms with van der Waals surface area (Å²) in [5.74, 6) is 0.569. The Balaban J connectivity index is 2.58. The van der Waals surface area contributed by atoms with Gasteiger partial charge in [0.2, 0.25) is 10.0 Å². The van der Waals surface area contributed by atoms with Crippen LogP contribution >= 0.6 is 0 Å². The topological polar surface area (TPSA) is 49.4 Å². The van der Waals surface area contributed by atoms with Crippen LogP contribution in [-0.4, -0.2) is 43.6 Å². The zero-order valence-corrected chi connectivity index (χ0v) is 12.4. The maximum absolute atomic E-state index is 12.3. The van der Waals surface area contributed by atoms with Crippen LogP contribution in [0.3, 0.4) is 0 Å². The molecule has 1 saturated carbocycles. The lowest BCUT2D eigenvalue weighted by Crippen LogP contribution is -2.45. The molecular formula is C12H26N2O2S. The van der Waals surface area contributed by atoms with Crippen LogP contribution in [0.2, 0.25) is 0 Å². The third kappa shape index (κ3) is 3.93. The highest BCUT2D eigenvalue weighted by molar-refractivity contribution is 7.89. The molecule has 17 heavy (non-hydrogen) atoms. The second-order valence-electron chi connectivity index (χ2n) is 5.51. The fourth-order valence-corrected chi connectivity index (χ4v) is 3.41. The van der Waals surface area contributed by atoms with E-state index in [4.69, 9.17) is 0 Å². The molecular weight excluding hydrogens is 236 g/mol. The first-order valence-electron chi connectivity index (χ1n) is 6.47. The largest absolute Gasteiger partial charge is 0.313 e. The predicted octanol–water partition coefficient (Wildman–Crippen LogP) is 1.43. The molecule has 0 heterocycles. The molecule has 1 fully saturated rings. The van der Waals surface area contributed by atoms with E-state index in [1.807, 2.05) is 20.8 Å². The molecule has 0 saturated heterocycles. The van der Waals surface area contributed by atoms with Gasteiger partial charge in [0.1, 0.15) is 0 Å². The molecule has 0 aromatic carbocycles. The van der Waals surface area contributed by atoms with E-state index in [0.717, 1.165) is 0 Å². The monoisotopic (exact) mass is 262 g/mol. The van der Waals surface area contributed by atoms with E-state index in [1.54, 1.807) is 18.3 Å². The van der Waals surface area contributed by atoms with Crippen molar-refractivity contribution in [3.63, 3.8) is 0 Å². The Morgan fingerprint density at radius 1 is 1.24 bits per heavy atom. The molecule has 1 rings (SSSR count). The molecule has 1 aliphatic rings. The van der Waals surface area contributed by atoms with E-state index in [9.17, 15) is 8.42 Å². The summed E-state index contributed by atoms with van der Waals surface area (Å²) in [6.45, 7) is 8.35. The van der Waals surface area contributed by atoms with Crippen LogP contribution in [0, 0.1) is 5.92 Å². The summed E-state index contributed by atoms with van der Waals surface area (Å²) < 4.78 is 26.2. The molecule has 102 valence electrons. The molecule has 1 aliphatic carbocycles. The van der Waals surface area contributed by atoms with E-state index in [0.29, 0.717) is 18.5 Å². The molecule has 0 bridgehead atoms. The van der Waals surface area contributed by atoms with Gasteiger partial charge in [-0.1, -0.05) is 13.8 Å². The number of nitrogens with one attached hydrogen (secondary N) is 1. The number of sulfonamides is 1. The number of rotatable bonds is 7. The molecule has 2 atom stereocenters. The van der Waals surface area contributed by atoms with Crippen LogP contribution in [0.25, 0.3) is 0 Å². The Hall–Kier alpha value is -0.130. The van der Waals surface area contributed by atoms with E-state index in [1.165, 1.54) is 12.8 Å². The zero-order valence-electron chi connectivity index (χ0n) is 11.6. The van der Waals surface area contributed by atoms with E-state index in [-0.39, 0.29) is 11.3 Å². The van der Waals surface area contributed by atoms with Crippen molar-refractivity contribution in [1.82, 2.24) is 9.62 Å². The Morgan fingerprint density at radius 3 is 2.18 bits per heavy atom. The van der Waals surface area contributed by atoms with E-state index >= 15 is 0 Å². The zero-order chi connectivity index (χ0) is 13.2. The Kier molecular flexibility index (Phi) is 4.98. The molecule has 0 aliphatic heterocycles. The summed E-state index contributed by atoms with van der Waals surface area (Å²) in [7, 11) is -1.46. The van der Waals surface area contributed by atoms with Crippen LogP contribution in [0.5, 0.6) is 0 Å². The Labute approximate surface area is 106 Å². The summed E-state index contributed by atoms with van der Waals surface area (Å²) >= 11 is 0. The third-order valence-electron chi connectivity index (χ3n) is 3.60. The lowest BCUT2D eigenvalue weighted by Gasteiger charge is -2.28. The van der Waals surface area contributed by atoms with E-state index in [2.05, 4.69) is 5.32 Å². The Bertz CT molecular complexity index is 336. The van der Waals surface area contributed by atoms with Gasteiger partial charge in [0.25, 0.3) is 0 Å². The van der Waals surface area contributed by atoms with Gasteiger partial charge in [-0.15, -0.1) is 0 Å². The summed E-state index contributed by atoms with van der Waals surface area (Å²) in [4.78, 5) is 0. The van der Waals surface area contributed by atoms with Gasteiger partial charge in [-0.25, -0.2) is 12.7 Å². The first-order valence-corrected chi connectivity index (χ1v) is 7.97. The van der Waals surface area contributed by atoms with Crippen LogP contribution in [-0.2, 0) is 10.0 Å². The van der Waals surface area contributed by atoms with Crippen molar-refractivity contribution >= 4 is 10.0 Å². The summed E-state index contributed by atoms with van der Waals surface area (Å²) in [5, 5.41) is 2.82. The fraction of sp³-hybridized carbons (Fsp3) is 1.00. The van der Waals surface area contributed by atoms with Crippen LogP contribution in [0.1, 0.15) is 40.5 Å². The van der Waals surface area contributed by atoms with Gasteiger partial charge >= 0.3 is 0 Å². The fourth-order valence-electron chi connectivity index (χ4n) is 1.90. The number of hydrogen-bond acceptors (Lipinski definition) is 3. The molecule has 0 radical (unpaired) electrons. The molecule has 5 heteroatoms. The van der Waals surface area contributed by atoms with Crippen molar-refractivity contribution in [1.29, 1.82) is 0 Å². The SMILES string of the molecule is CC(C)NCC(C)S(=O)(=O)N(C)C(C)C1CC1. The summed E-state index contributed by atoms with van der Waals surface area (Å²) in [5.41, 5.74) is 0. The number of nitrogens with zero attached hydrogens (tertiary/aromatic N) is 1. The average molecular weight is 262 g/mol. The summed E-state index contributed by atoms with van der Waals surface area (Å²) in [6, 6.07) is 0.459. The minimum Gasteiger partial charge on any atom is -0.313 e. The summed E-state index contributed by atoms with van der Waals surface area (Å²) in [6.07, 6.45) is 2.33. The van der Waals surface area contributed by atoms with Crippen molar-refractivity contribution in [2.45, 2.75) is 57.9 Å². The van der Waals surface area contributed by atoms with Crippen LogP contribution in [0.4, 0.5) is 0 Å². The van der Waals surface area contributed by atoms with Gasteiger partial charge in [-0.3, -0.25) is 0 Å². The molecule has 0 spiro atoms. The second kappa shape index (κ2) is 5.67. The first-order chi connectivity index (χ1) is 7.76. The van der Waals surface area contributed by atoms with E-state index < -0.39 is 10.0 Å². The average Bonchev–Trinajstić information content (AvgIpc) is 3.07. The lowest BCUT2D eigenvalue weighted by atomic mass is 10.2. The van der Waals surface area contributed by atoms with Gasteiger partial charge in [-0.2, -0.15) is 0 Å². The maximum atomic E-state index is 12.3. The normalized spacial score (nSPS) is 20.9. The van der Waals surface area contributed by atoms with Crippen LogP contribution in [0.15, 0.2) is 0 Å². The highest BCUT2D eigenvalue weighted by Gasteiger charge is 2.37. The van der Waals surface area contributed by atoms with Crippen molar-refractivity contribution in [2.75, 3.05) is 13.6 Å².